The molecule has 0 bridgehead atoms. The molecule has 0 aromatic heterocycles. The average molecular weight is 351 g/mol. The topological polar surface area (TPSA) is 96.6 Å². The van der Waals surface area contributed by atoms with Gasteiger partial charge in [-0.3, -0.25) is 4.99 Å². The van der Waals surface area contributed by atoms with Gasteiger partial charge in [-0.25, -0.2) is 17.5 Å². The lowest BCUT2D eigenvalue weighted by atomic mass is 10.1. The van der Waals surface area contributed by atoms with E-state index in [1.807, 2.05) is 20.8 Å². The van der Waals surface area contributed by atoms with Gasteiger partial charge in [0.25, 0.3) is 0 Å². The first-order valence-electron chi connectivity index (χ1n) is 6.54. The Labute approximate surface area is 135 Å². The van der Waals surface area contributed by atoms with E-state index in [2.05, 4.69) is 15.0 Å². The Kier molecular flexibility index (Phi) is 6.16. The number of halogens is 2. The lowest BCUT2D eigenvalue weighted by Crippen LogP contribution is -2.45. The molecule has 1 aromatic carbocycles. The normalized spacial score (nSPS) is 13.2. The molecule has 0 radical (unpaired) electrons. The molecule has 0 saturated heterocycles. The SMILES string of the molecule is CC(C)(C)NC(N)=NCCNS(=O)(=O)c1ccc(Cl)cc1F. The second-order valence-electron chi connectivity index (χ2n) is 5.61. The smallest absolute Gasteiger partial charge is 0.243 e. The molecule has 22 heavy (non-hydrogen) atoms. The van der Waals surface area contributed by atoms with Gasteiger partial charge < -0.3 is 11.1 Å². The summed E-state index contributed by atoms with van der Waals surface area (Å²) in [6.07, 6.45) is 0. The Bertz CT molecular complexity index is 656. The first-order chi connectivity index (χ1) is 10.0. The highest BCUT2D eigenvalue weighted by atomic mass is 35.5. The summed E-state index contributed by atoms with van der Waals surface area (Å²) in [5.74, 6) is -0.693. The van der Waals surface area contributed by atoms with Crippen LogP contribution >= 0.6 is 11.6 Å². The summed E-state index contributed by atoms with van der Waals surface area (Å²) in [6, 6.07) is 3.36. The molecule has 6 nitrogen and oxygen atoms in total. The van der Waals surface area contributed by atoms with E-state index in [9.17, 15) is 12.8 Å². The van der Waals surface area contributed by atoms with E-state index in [1.165, 1.54) is 6.07 Å². The minimum atomic E-state index is -3.95. The number of nitrogens with zero attached hydrogens (tertiary/aromatic N) is 1. The maximum absolute atomic E-state index is 13.6. The van der Waals surface area contributed by atoms with Crippen LogP contribution in [0.15, 0.2) is 28.1 Å². The van der Waals surface area contributed by atoms with Crippen LogP contribution in [-0.4, -0.2) is 33.0 Å². The second kappa shape index (κ2) is 7.26. The van der Waals surface area contributed by atoms with Gasteiger partial charge in [0.2, 0.25) is 10.0 Å². The van der Waals surface area contributed by atoms with E-state index in [0.29, 0.717) is 0 Å². The third kappa shape index (κ3) is 6.17. The molecule has 1 rings (SSSR count). The van der Waals surface area contributed by atoms with E-state index >= 15 is 0 Å². The molecule has 0 aliphatic carbocycles. The first kappa shape index (κ1) is 18.7. The van der Waals surface area contributed by atoms with Crippen LogP contribution in [0.5, 0.6) is 0 Å². The van der Waals surface area contributed by atoms with Gasteiger partial charge in [0.1, 0.15) is 10.7 Å². The van der Waals surface area contributed by atoms with E-state index in [-0.39, 0.29) is 29.6 Å². The Morgan fingerprint density at radius 2 is 2.05 bits per heavy atom. The summed E-state index contributed by atoms with van der Waals surface area (Å²) >= 11 is 5.59. The van der Waals surface area contributed by atoms with Crippen molar-refractivity contribution in [2.45, 2.75) is 31.2 Å². The fourth-order valence-electron chi connectivity index (χ4n) is 1.55. The molecular weight excluding hydrogens is 331 g/mol. The van der Waals surface area contributed by atoms with Crippen molar-refractivity contribution in [3.05, 3.63) is 29.0 Å². The summed E-state index contributed by atoms with van der Waals surface area (Å²) in [4.78, 5) is 3.53. The molecule has 124 valence electrons. The summed E-state index contributed by atoms with van der Waals surface area (Å²) in [5.41, 5.74) is 5.41. The van der Waals surface area contributed by atoms with Crippen LogP contribution in [0.4, 0.5) is 4.39 Å². The first-order valence-corrected chi connectivity index (χ1v) is 8.40. The van der Waals surface area contributed by atoms with E-state index in [4.69, 9.17) is 17.3 Å². The fraction of sp³-hybridized carbons (Fsp3) is 0.462. The highest BCUT2D eigenvalue weighted by Crippen LogP contribution is 2.18. The summed E-state index contributed by atoms with van der Waals surface area (Å²) in [6.45, 7) is 5.88. The van der Waals surface area contributed by atoms with Crippen LogP contribution in [0.25, 0.3) is 0 Å². The molecule has 0 fully saturated rings. The highest BCUT2D eigenvalue weighted by Gasteiger charge is 2.18. The van der Waals surface area contributed by atoms with Gasteiger partial charge in [0.05, 0.1) is 6.54 Å². The standard InChI is InChI=1S/C13H20ClFN4O2S/c1-13(2,3)19-12(16)17-6-7-18-22(20,21)11-5-4-9(14)8-10(11)15/h4-5,8,18H,6-7H2,1-3H3,(H3,16,17,19). The molecule has 4 N–H and O–H groups in total. The van der Waals surface area contributed by atoms with Crippen LogP contribution in [0, 0.1) is 5.82 Å². The number of guanidine groups is 1. The number of rotatable bonds is 5. The molecule has 0 aliphatic heterocycles. The van der Waals surface area contributed by atoms with E-state index in [0.717, 1.165) is 12.1 Å². The molecule has 9 heteroatoms. The number of hydrogen-bond donors (Lipinski definition) is 3. The van der Waals surface area contributed by atoms with E-state index in [1.54, 1.807) is 0 Å². The Balaban J connectivity index is 2.62. The summed E-state index contributed by atoms with van der Waals surface area (Å²) < 4.78 is 39.8. The third-order valence-corrected chi connectivity index (χ3v) is 4.10. The summed E-state index contributed by atoms with van der Waals surface area (Å²) in [5, 5.41) is 3.07. The van der Waals surface area contributed by atoms with Crippen molar-refractivity contribution in [1.29, 1.82) is 0 Å². The average Bonchev–Trinajstić information content (AvgIpc) is 2.32. The maximum atomic E-state index is 13.6. The van der Waals surface area contributed by atoms with Gasteiger partial charge in [-0.1, -0.05) is 11.6 Å². The Morgan fingerprint density at radius 3 is 2.59 bits per heavy atom. The maximum Gasteiger partial charge on any atom is 0.243 e. The number of sulfonamides is 1. The Morgan fingerprint density at radius 1 is 1.41 bits per heavy atom. The third-order valence-electron chi connectivity index (χ3n) is 2.37. The van der Waals surface area contributed by atoms with Crippen LogP contribution in [0.2, 0.25) is 5.02 Å². The van der Waals surface area contributed by atoms with Crippen molar-refractivity contribution in [2.24, 2.45) is 10.7 Å². The molecule has 0 unspecified atom stereocenters. The quantitative estimate of drug-likeness (QED) is 0.425. The van der Waals surface area contributed by atoms with Gasteiger partial charge in [-0.2, -0.15) is 0 Å². The zero-order valence-corrected chi connectivity index (χ0v) is 14.2. The molecule has 1 aromatic rings. The Hall–Kier alpha value is -1.38. The lowest BCUT2D eigenvalue weighted by Gasteiger charge is -2.20. The van der Waals surface area contributed by atoms with Crippen molar-refractivity contribution in [3.63, 3.8) is 0 Å². The van der Waals surface area contributed by atoms with Crippen LogP contribution in [0.3, 0.4) is 0 Å². The fourth-order valence-corrected chi connectivity index (χ4v) is 2.79. The molecule has 0 atom stereocenters. The van der Waals surface area contributed by atoms with Gasteiger partial charge in [-0.05, 0) is 39.0 Å². The molecular formula is C13H20ClFN4O2S. The van der Waals surface area contributed by atoms with E-state index < -0.39 is 20.7 Å². The zero-order chi connectivity index (χ0) is 17.0. The molecule has 0 saturated carbocycles. The minimum Gasteiger partial charge on any atom is -0.370 e. The molecule has 0 heterocycles. The predicted octanol–water partition coefficient (Wildman–Crippen LogP) is 1.46. The predicted molar refractivity (Wildman–Crippen MR) is 86.0 cm³/mol. The largest absolute Gasteiger partial charge is 0.370 e. The van der Waals surface area contributed by atoms with Crippen molar-refractivity contribution in [1.82, 2.24) is 10.0 Å². The second-order valence-corrected chi connectivity index (χ2v) is 7.79. The van der Waals surface area contributed by atoms with Crippen LogP contribution < -0.4 is 15.8 Å². The monoisotopic (exact) mass is 350 g/mol. The van der Waals surface area contributed by atoms with Gasteiger partial charge in [0.15, 0.2) is 5.96 Å². The number of nitrogens with two attached hydrogens (primary N) is 1. The van der Waals surface area contributed by atoms with Crippen LogP contribution in [-0.2, 0) is 10.0 Å². The minimum absolute atomic E-state index is 0.00305. The molecule has 0 aliphatic rings. The summed E-state index contributed by atoms with van der Waals surface area (Å²) in [7, 11) is -3.95. The molecule has 0 spiro atoms. The van der Waals surface area contributed by atoms with Crippen molar-refractivity contribution in [3.8, 4) is 0 Å². The number of aliphatic imine (C=N–C) groups is 1. The molecule has 0 amide bonds. The highest BCUT2D eigenvalue weighted by molar-refractivity contribution is 7.89. The van der Waals surface area contributed by atoms with Crippen molar-refractivity contribution in [2.75, 3.05) is 13.1 Å². The number of hydrogen-bond acceptors (Lipinski definition) is 3. The number of benzene rings is 1. The lowest BCUT2D eigenvalue weighted by molar-refractivity contribution is 0.508. The zero-order valence-electron chi connectivity index (χ0n) is 12.7. The van der Waals surface area contributed by atoms with Crippen molar-refractivity contribution < 1.29 is 12.8 Å². The van der Waals surface area contributed by atoms with Crippen molar-refractivity contribution >= 4 is 27.6 Å². The van der Waals surface area contributed by atoms with Gasteiger partial charge in [-0.15, -0.1) is 0 Å². The number of nitrogens with one attached hydrogen (secondary N) is 2. The van der Waals surface area contributed by atoms with Gasteiger partial charge >= 0.3 is 0 Å². The van der Waals surface area contributed by atoms with Gasteiger partial charge in [0, 0.05) is 17.1 Å². The van der Waals surface area contributed by atoms with Crippen LogP contribution in [0.1, 0.15) is 20.8 Å².